The molecule has 1 heterocycles. The molecule has 6 heteroatoms. The lowest BCUT2D eigenvalue weighted by Crippen LogP contribution is -3.06. The first kappa shape index (κ1) is 22.2. The molecule has 0 spiro atoms. The second-order valence-electron chi connectivity index (χ2n) is 8.06. The molecule has 0 unspecified atom stereocenters. The summed E-state index contributed by atoms with van der Waals surface area (Å²) in [6.07, 6.45) is 0. The van der Waals surface area contributed by atoms with Gasteiger partial charge in [-0.15, -0.1) is 0 Å². The third-order valence-corrected chi connectivity index (χ3v) is 6.40. The maximum atomic E-state index is 13.5. The third-order valence-electron chi connectivity index (χ3n) is 5.37. The van der Waals surface area contributed by atoms with Crippen LogP contribution < -0.4 is 14.7 Å². The van der Waals surface area contributed by atoms with Gasteiger partial charge < -0.3 is 9.80 Å². The number of likely N-dealkylation sites (N-methyl/N-ethyl adjacent to an activating group) is 1. The minimum atomic E-state index is 0.00998. The number of anilines is 2. The highest BCUT2D eigenvalue weighted by molar-refractivity contribution is 7.22. The Morgan fingerprint density at radius 1 is 1.07 bits per heavy atom. The van der Waals surface area contributed by atoms with Gasteiger partial charge in [0.25, 0.3) is 5.91 Å². The fraction of sp³-hybridized carbons (Fsp3) is 0.417. The number of fused-ring (bicyclic) bond motifs is 1. The maximum absolute atomic E-state index is 13.5. The lowest BCUT2D eigenvalue weighted by Gasteiger charge is -2.23. The molecule has 2 aromatic carbocycles. The Morgan fingerprint density at radius 3 is 2.33 bits per heavy atom. The molecule has 160 valence electrons. The number of benzene rings is 2. The van der Waals surface area contributed by atoms with Crippen LogP contribution in [0.4, 0.5) is 10.8 Å². The van der Waals surface area contributed by atoms with E-state index < -0.39 is 0 Å². The molecule has 0 aliphatic carbocycles. The number of aromatic nitrogens is 1. The van der Waals surface area contributed by atoms with Crippen LogP contribution in [-0.2, 0) is 0 Å². The fourth-order valence-corrected chi connectivity index (χ4v) is 4.82. The predicted molar refractivity (Wildman–Crippen MR) is 128 cm³/mol. The van der Waals surface area contributed by atoms with Crippen molar-refractivity contribution in [2.45, 2.75) is 27.7 Å². The first-order valence-electron chi connectivity index (χ1n) is 10.7. The molecule has 0 saturated heterocycles. The SMILES string of the molecule is CCN(CC)c1ccc(C(=O)N(CC[NH+](C)C)c2nc3c(C)cc(C)cc3s2)cc1. The van der Waals surface area contributed by atoms with Crippen LogP contribution in [0.2, 0.25) is 0 Å². The fourth-order valence-electron chi connectivity index (χ4n) is 3.65. The molecule has 30 heavy (non-hydrogen) atoms. The molecule has 3 aromatic rings. The summed E-state index contributed by atoms with van der Waals surface area (Å²) >= 11 is 1.60. The van der Waals surface area contributed by atoms with Crippen LogP contribution in [-0.4, -0.2) is 51.2 Å². The van der Waals surface area contributed by atoms with Gasteiger partial charge in [0.15, 0.2) is 5.13 Å². The second kappa shape index (κ2) is 9.58. The summed E-state index contributed by atoms with van der Waals surface area (Å²) in [6, 6.07) is 12.3. The highest BCUT2D eigenvalue weighted by atomic mass is 32.1. The van der Waals surface area contributed by atoms with Crippen molar-refractivity contribution in [3.05, 3.63) is 53.1 Å². The number of hydrogen-bond donors (Lipinski definition) is 1. The number of nitrogens with one attached hydrogen (secondary N) is 1. The van der Waals surface area contributed by atoms with Gasteiger partial charge in [0.2, 0.25) is 0 Å². The van der Waals surface area contributed by atoms with Crippen LogP contribution in [0.15, 0.2) is 36.4 Å². The molecule has 1 N–H and O–H groups in total. The topological polar surface area (TPSA) is 40.9 Å². The molecule has 3 rings (SSSR count). The van der Waals surface area contributed by atoms with Gasteiger partial charge in [0.05, 0.1) is 37.4 Å². The van der Waals surface area contributed by atoms with Crippen LogP contribution in [0.1, 0.15) is 35.3 Å². The van der Waals surface area contributed by atoms with Crippen LogP contribution in [0.3, 0.4) is 0 Å². The van der Waals surface area contributed by atoms with E-state index in [0.717, 1.165) is 46.2 Å². The Kier molecular flexibility index (Phi) is 7.10. The zero-order valence-corrected chi connectivity index (χ0v) is 19.8. The van der Waals surface area contributed by atoms with Crippen LogP contribution >= 0.6 is 11.3 Å². The number of aryl methyl sites for hydroxylation is 2. The Hall–Kier alpha value is -2.44. The van der Waals surface area contributed by atoms with E-state index in [1.54, 1.807) is 11.3 Å². The molecule has 1 aromatic heterocycles. The van der Waals surface area contributed by atoms with Gasteiger partial charge in [-0.1, -0.05) is 17.4 Å². The van der Waals surface area contributed by atoms with E-state index >= 15 is 0 Å². The van der Waals surface area contributed by atoms with Crippen molar-refractivity contribution >= 4 is 38.3 Å². The standard InChI is InChI=1S/C24H32N4OS/c1-7-27(8-2)20-11-9-19(10-12-20)23(29)28(14-13-26(5)6)24-25-22-18(4)15-17(3)16-21(22)30-24/h9-12,15-16H,7-8,13-14H2,1-6H3/p+1. The van der Waals surface area contributed by atoms with Crippen LogP contribution in [0.25, 0.3) is 10.2 Å². The van der Waals surface area contributed by atoms with Crippen LogP contribution in [0.5, 0.6) is 0 Å². The van der Waals surface area contributed by atoms with E-state index in [2.05, 4.69) is 58.8 Å². The van der Waals surface area contributed by atoms with E-state index in [1.165, 1.54) is 10.5 Å². The summed E-state index contributed by atoms with van der Waals surface area (Å²) in [4.78, 5) is 23.8. The summed E-state index contributed by atoms with van der Waals surface area (Å²) in [6.45, 7) is 11.9. The summed E-state index contributed by atoms with van der Waals surface area (Å²) in [5.41, 5.74) is 5.21. The second-order valence-corrected chi connectivity index (χ2v) is 9.07. The molecule has 0 atom stereocenters. The number of rotatable bonds is 8. The Labute approximate surface area is 183 Å². The Morgan fingerprint density at radius 2 is 1.73 bits per heavy atom. The van der Waals surface area contributed by atoms with Gasteiger partial charge in [-0.2, -0.15) is 0 Å². The third kappa shape index (κ3) is 4.82. The van der Waals surface area contributed by atoms with Crippen molar-refractivity contribution < 1.29 is 9.69 Å². The number of thiazole rings is 1. The van der Waals surface area contributed by atoms with E-state index in [4.69, 9.17) is 4.98 Å². The highest BCUT2D eigenvalue weighted by Crippen LogP contribution is 2.32. The molecule has 0 bridgehead atoms. The molecule has 5 nitrogen and oxygen atoms in total. The minimum Gasteiger partial charge on any atom is -0.372 e. The Balaban J connectivity index is 1.95. The Bertz CT molecular complexity index is 1010. The monoisotopic (exact) mass is 425 g/mol. The zero-order chi connectivity index (χ0) is 21.8. The van der Waals surface area contributed by atoms with E-state index in [9.17, 15) is 4.79 Å². The number of carbonyl (C=O) groups is 1. The summed E-state index contributed by atoms with van der Waals surface area (Å²) < 4.78 is 1.13. The molecule has 0 radical (unpaired) electrons. The summed E-state index contributed by atoms with van der Waals surface area (Å²) in [5.74, 6) is 0.00998. The number of hydrogen-bond acceptors (Lipinski definition) is 4. The zero-order valence-electron chi connectivity index (χ0n) is 19.0. The number of nitrogens with zero attached hydrogens (tertiary/aromatic N) is 3. The molecular formula is C24H33N4OS+. The van der Waals surface area contributed by atoms with Crippen molar-refractivity contribution in [3.63, 3.8) is 0 Å². The van der Waals surface area contributed by atoms with Crippen molar-refractivity contribution in [2.24, 2.45) is 0 Å². The van der Waals surface area contributed by atoms with Gasteiger partial charge in [0, 0.05) is 24.3 Å². The molecule has 1 amide bonds. The summed E-state index contributed by atoms with van der Waals surface area (Å²) in [5, 5.41) is 0.776. The quantitative estimate of drug-likeness (QED) is 0.600. The average molecular weight is 426 g/mol. The van der Waals surface area contributed by atoms with Gasteiger partial charge in [-0.25, -0.2) is 4.98 Å². The smallest absolute Gasteiger partial charge is 0.260 e. The predicted octanol–water partition coefficient (Wildman–Crippen LogP) is 3.55. The average Bonchev–Trinajstić information content (AvgIpc) is 3.13. The van der Waals surface area contributed by atoms with Gasteiger partial charge >= 0.3 is 0 Å². The first-order valence-corrected chi connectivity index (χ1v) is 11.5. The lowest BCUT2D eigenvalue weighted by molar-refractivity contribution is -0.856. The number of carbonyl (C=O) groups excluding carboxylic acids is 1. The van der Waals surface area contributed by atoms with Crippen molar-refractivity contribution in [3.8, 4) is 0 Å². The van der Waals surface area contributed by atoms with Gasteiger partial charge in [-0.3, -0.25) is 9.69 Å². The highest BCUT2D eigenvalue weighted by Gasteiger charge is 2.23. The number of amides is 1. The molecular weight excluding hydrogens is 392 g/mol. The largest absolute Gasteiger partial charge is 0.372 e. The van der Waals surface area contributed by atoms with Crippen molar-refractivity contribution in [1.29, 1.82) is 0 Å². The van der Waals surface area contributed by atoms with E-state index in [0.29, 0.717) is 12.1 Å². The molecule has 0 aliphatic heterocycles. The maximum Gasteiger partial charge on any atom is 0.260 e. The minimum absolute atomic E-state index is 0.00998. The normalized spacial score (nSPS) is 11.3. The van der Waals surface area contributed by atoms with Gasteiger partial charge in [-0.05, 0) is 69.2 Å². The molecule has 0 fully saturated rings. The van der Waals surface area contributed by atoms with E-state index in [-0.39, 0.29) is 5.91 Å². The summed E-state index contributed by atoms with van der Waals surface area (Å²) in [7, 11) is 4.21. The lowest BCUT2D eigenvalue weighted by atomic mass is 10.1. The molecule has 0 aliphatic rings. The van der Waals surface area contributed by atoms with Crippen molar-refractivity contribution in [2.75, 3.05) is 50.1 Å². The van der Waals surface area contributed by atoms with Gasteiger partial charge in [0.1, 0.15) is 0 Å². The molecule has 0 saturated carbocycles. The number of quaternary nitrogens is 1. The van der Waals surface area contributed by atoms with Crippen molar-refractivity contribution in [1.82, 2.24) is 4.98 Å². The first-order chi connectivity index (χ1) is 14.3. The van der Waals surface area contributed by atoms with Crippen LogP contribution in [0, 0.1) is 13.8 Å². The van der Waals surface area contributed by atoms with E-state index in [1.807, 2.05) is 29.2 Å².